The summed E-state index contributed by atoms with van der Waals surface area (Å²) in [4.78, 5) is 25.3. The lowest BCUT2D eigenvalue weighted by molar-refractivity contribution is 0.0694. The normalized spacial score (nSPS) is 20.3. The molecule has 1 spiro atoms. The van der Waals surface area contributed by atoms with E-state index in [-0.39, 0.29) is 18.0 Å². The van der Waals surface area contributed by atoms with Crippen LogP contribution >= 0.6 is 0 Å². The standard InChI is InChI=1S/C18H19F3N4O3/c19-3-4-24-5-8(17(27)28)16(26)10-13(23)11(20)15(12(21)14(10)24)25-6-9(22)18(7-25)1-2-18/h5,9H,1-4,6-7,22-23H2,(H,27,28). The fourth-order valence-corrected chi connectivity index (χ4v) is 4.15. The molecule has 10 heteroatoms. The number of carboxylic acid groups (broad SMARTS) is 1. The largest absolute Gasteiger partial charge is 0.477 e. The monoisotopic (exact) mass is 396 g/mol. The van der Waals surface area contributed by atoms with Crippen LogP contribution in [0.15, 0.2) is 11.0 Å². The first kappa shape index (κ1) is 18.6. The second-order valence-electron chi connectivity index (χ2n) is 7.52. The molecular formula is C18H19F3N4O3. The summed E-state index contributed by atoms with van der Waals surface area (Å²) < 4.78 is 44.5. The molecule has 7 nitrogen and oxygen atoms in total. The van der Waals surface area contributed by atoms with E-state index < -0.39 is 64.1 Å². The van der Waals surface area contributed by atoms with Crippen LogP contribution in [0.2, 0.25) is 0 Å². The Morgan fingerprint density at radius 1 is 1.32 bits per heavy atom. The molecule has 1 aliphatic carbocycles. The Morgan fingerprint density at radius 3 is 2.54 bits per heavy atom. The molecule has 2 heterocycles. The molecule has 1 aromatic carbocycles. The first-order valence-electron chi connectivity index (χ1n) is 8.85. The van der Waals surface area contributed by atoms with Gasteiger partial charge in [0.1, 0.15) is 17.9 Å². The van der Waals surface area contributed by atoms with Gasteiger partial charge in [0.15, 0.2) is 11.6 Å². The molecule has 0 amide bonds. The van der Waals surface area contributed by atoms with Crippen molar-refractivity contribution < 1.29 is 23.1 Å². The number of anilines is 2. The predicted octanol–water partition coefficient (Wildman–Crippen LogP) is 1.46. The maximum atomic E-state index is 15.5. The summed E-state index contributed by atoms with van der Waals surface area (Å²) in [5.41, 5.74) is 8.42. The Labute approximate surface area is 157 Å². The lowest BCUT2D eigenvalue weighted by atomic mass is 10.0. The summed E-state index contributed by atoms with van der Waals surface area (Å²) in [5, 5.41) is 8.61. The minimum Gasteiger partial charge on any atom is -0.477 e. The molecule has 4 rings (SSSR count). The lowest BCUT2D eigenvalue weighted by Crippen LogP contribution is -2.31. The molecular weight excluding hydrogens is 377 g/mol. The third kappa shape index (κ3) is 2.47. The number of nitrogens with two attached hydrogens (primary N) is 2. The van der Waals surface area contributed by atoms with E-state index in [2.05, 4.69) is 0 Å². The van der Waals surface area contributed by atoms with E-state index in [0.717, 1.165) is 23.6 Å². The van der Waals surface area contributed by atoms with Crippen molar-refractivity contribution in [2.45, 2.75) is 25.4 Å². The lowest BCUT2D eigenvalue weighted by Gasteiger charge is -2.23. The average Bonchev–Trinajstić information content (AvgIpc) is 3.34. The fourth-order valence-electron chi connectivity index (χ4n) is 4.15. The van der Waals surface area contributed by atoms with Crippen LogP contribution in [0.1, 0.15) is 23.2 Å². The third-order valence-corrected chi connectivity index (χ3v) is 5.88. The Bertz CT molecular complexity index is 1060. The van der Waals surface area contributed by atoms with Gasteiger partial charge in [-0.2, -0.15) is 0 Å². The summed E-state index contributed by atoms with van der Waals surface area (Å²) in [6.45, 7) is -0.782. The van der Waals surface area contributed by atoms with Crippen LogP contribution in [-0.4, -0.2) is 41.4 Å². The number of aromatic nitrogens is 1. The van der Waals surface area contributed by atoms with E-state index in [0.29, 0.717) is 6.54 Å². The van der Waals surface area contributed by atoms with E-state index in [1.54, 1.807) is 0 Å². The number of hydrogen-bond acceptors (Lipinski definition) is 5. The minimum atomic E-state index is -1.59. The Balaban J connectivity index is 2.02. The Morgan fingerprint density at radius 2 is 2.00 bits per heavy atom. The van der Waals surface area contributed by atoms with Crippen molar-refractivity contribution >= 4 is 28.2 Å². The van der Waals surface area contributed by atoms with Crippen molar-refractivity contribution in [3.05, 3.63) is 33.6 Å². The topological polar surface area (TPSA) is 115 Å². The number of benzene rings is 1. The van der Waals surface area contributed by atoms with Gasteiger partial charge >= 0.3 is 5.97 Å². The number of nitrogen functional groups attached to an aromatic ring is 1. The maximum Gasteiger partial charge on any atom is 0.341 e. The van der Waals surface area contributed by atoms with Crippen LogP contribution in [0.4, 0.5) is 24.5 Å². The number of pyridine rings is 1. The number of alkyl halides is 1. The molecule has 5 N–H and O–H groups in total. The molecule has 1 saturated carbocycles. The van der Waals surface area contributed by atoms with Gasteiger partial charge in [0.25, 0.3) is 0 Å². The summed E-state index contributed by atoms with van der Waals surface area (Å²) in [6, 6.07) is -0.245. The number of carbonyl (C=O) groups is 1. The number of aromatic carboxylic acids is 1. The van der Waals surface area contributed by atoms with Gasteiger partial charge in [0.05, 0.1) is 23.1 Å². The molecule has 1 saturated heterocycles. The predicted molar refractivity (Wildman–Crippen MR) is 97.3 cm³/mol. The van der Waals surface area contributed by atoms with Gasteiger partial charge < -0.3 is 26.0 Å². The summed E-state index contributed by atoms with van der Waals surface area (Å²) in [6.07, 6.45) is 2.59. The molecule has 0 bridgehead atoms. The Hall–Kier alpha value is -2.75. The van der Waals surface area contributed by atoms with Gasteiger partial charge in [-0.05, 0) is 12.8 Å². The van der Waals surface area contributed by atoms with Crippen LogP contribution in [-0.2, 0) is 6.54 Å². The zero-order valence-electron chi connectivity index (χ0n) is 14.8. The molecule has 2 aromatic rings. The van der Waals surface area contributed by atoms with Crippen molar-refractivity contribution in [2.75, 3.05) is 30.4 Å². The molecule has 150 valence electrons. The highest BCUT2D eigenvalue weighted by molar-refractivity contribution is 5.99. The number of carboxylic acids is 1. The number of rotatable bonds is 4. The van der Waals surface area contributed by atoms with Crippen LogP contribution in [0.5, 0.6) is 0 Å². The van der Waals surface area contributed by atoms with Crippen LogP contribution in [0.3, 0.4) is 0 Å². The highest BCUT2D eigenvalue weighted by Crippen LogP contribution is 2.53. The molecule has 2 aliphatic rings. The fraction of sp³-hybridized carbons (Fsp3) is 0.444. The molecule has 1 aliphatic heterocycles. The second kappa shape index (κ2) is 6.13. The van der Waals surface area contributed by atoms with Crippen LogP contribution in [0, 0.1) is 17.0 Å². The summed E-state index contributed by atoms with van der Waals surface area (Å²) >= 11 is 0. The summed E-state index contributed by atoms with van der Waals surface area (Å²) in [5.74, 6) is -3.81. The van der Waals surface area contributed by atoms with E-state index in [1.165, 1.54) is 4.90 Å². The van der Waals surface area contributed by atoms with Gasteiger partial charge in [-0.25, -0.2) is 18.0 Å². The third-order valence-electron chi connectivity index (χ3n) is 5.88. The van der Waals surface area contributed by atoms with Crippen LogP contribution < -0.4 is 21.8 Å². The number of halogens is 3. The average molecular weight is 396 g/mol. The molecule has 1 atom stereocenters. The molecule has 1 unspecified atom stereocenters. The highest BCUT2D eigenvalue weighted by atomic mass is 19.1. The molecule has 28 heavy (non-hydrogen) atoms. The van der Waals surface area contributed by atoms with Crippen molar-refractivity contribution in [3.8, 4) is 0 Å². The van der Waals surface area contributed by atoms with Crippen LogP contribution in [0.25, 0.3) is 10.9 Å². The number of aryl methyl sites for hydroxylation is 1. The van der Waals surface area contributed by atoms with Gasteiger partial charge in [0.2, 0.25) is 5.43 Å². The van der Waals surface area contributed by atoms with Gasteiger partial charge in [-0.1, -0.05) is 0 Å². The van der Waals surface area contributed by atoms with Gasteiger partial charge in [-0.3, -0.25) is 4.79 Å². The van der Waals surface area contributed by atoms with Crippen molar-refractivity contribution in [2.24, 2.45) is 11.1 Å². The van der Waals surface area contributed by atoms with E-state index in [4.69, 9.17) is 11.5 Å². The van der Waals surface area contributed by atoms with Crippen molar-refractivity contribution in [1.82, 2.24) is 4.57 Å². The summed E-state index contributed by atoms with van der Waals surface area (Å²) in [7, 11) is 0. The van der Waals surface area contributed by atoms with Gasteiger partial charge in [0, 0.05) is 30.7 Å². The van der Waals surface area contributed by atoms with Crippen molar-refractivity contribution in [1.29, 1.82) is 0 Å². The molecule has 0 radical (unpaired) electrons. The first-order chi connectivity index (χ1) is 13.2. The SMILES string of the molecule is Nc1c(F)c(N2CC(N)C3(CC3)C2)c(F)c2c1c(=O)c(C(=O)O)cn2CCF. The minimum absolute atomic E-state index is 0.172. The van der Waals surface area contributed by atoms with E-state index >= 15 is 8.78 Å². The zero-order valence-corrected chi connectivity index (χ0v) is 14.8. The smallest absolute Gasteiger partial charge is 0.341 e. The molecule has 2 fully saturated rings. The second-order valence-corrected chi connectivity index (χ2v) is 7.52. The zero-order chi connectivity index (χ0) is 20.4. The Kier molecular flexibility index (Phi) is 4.07. The number of hydrogen-bond donors (Lipinski definition) is 3. The molecule has 1 aromatic heterocycles. The van der Waals surface area contributed by atoms with E-state index in [1.807, 2.05) is 0 Å². The quantitative estimate of drug-likeness (QED) is 0.674. The van der Waals surface area contributed by atoms with E-state index in [9.17, 15) is 19.1 Å². The maximum absolute atomic E-state index is 15.5. The highest BCUT2D eigenvalue weighted by Gasteiger charge is 2.54. The first-order valence-corrected chi connectivity index (χ1v) is 8.85. The number of nitrogens with zero attached hydrogens (tertiary/aromatic N) is 2. The number of fused-ring (bicyclic) bond motifs is 1. The van der Waals surface area contributed by atoms with Crippen molar-refractivity contribution in [3.63, 3.8) is 0 Å². The van der Waals surface area contributed by atoms with Gasteiger partial charge in [-0.15, -0.1) is 0 Å².